The molecule has 0 amide bonds. The molecule has 1 aromatic carbocycles. The molecule has 0 saturated carbocycles. The predicted molar refractivity (Wildman–Crippen MR) is 56.7 cm³/mol. The van der Waals surface area contributed by atoms with E-state index in [-0.39, 0.29) is 6.42 Å². The van der Waals surface area contributed by atoms with Crippen LogP contribution in [0.3, 0.4) is 0 Å². The van der Waals surface area contributed by atoms with E-state index in [1.807, 2.05) is 31.3 Å². The zero-order valence-corrected chi connectivity index (χ0v) is 8.47. The van der Waals surface area contributed by atoms with Gasteiger partial charge in [0.15, 0.2) is 0 Å². The molecule has 4 nitrogen and oxygen atoms in total. The third-order valence-electron chi connectivity index (χ3n) is 2.26. The fourth-order valence-corrected chi connectivity index (χ4v) is 1.52. The van der Waals surface area contributed by atoms with E-state index in [2.05, 4.69) is 5.10 Å². The van der Waals surface area contributed by atoms with E-state index in [9.17, 15) is 4.79 Å². The first-order valence-electron chi connectivity index (χ1n) is 4.81. The number of aromatic nitrogens is 2. The van der Waals surface area contributed by atoms with Crippen LogP contribution in [-0.4, -0.2) is 20.9 Å². The summed E-state index contributed by atoms with van der Waals surface area (Å²) < 4.78 is 1.68. The molecule has 1 heterocycles. The van der Waals surface area contributed by atoms with Crippen LogP contribution in [0.2, 0.25) is 0 Å². The first-order chi connectivity index (χ1) is 7.15. The summed E-state index contributed by atoms with van der Waals surface area (Å²) in [6, 6.07) is 5.98. The van der Waals surface area contributed by atoms with Crippen molar-refractivity contribution in [2.75, 3.05) is 0 Å². The molecule has 0 atom stereocenters. The summed E-state index contributed by atoms with van der Waals surface area (Å²) in [7, 11) is 0. The lowest BCUT2D eigenvalue weighted by atomic mass is 10.2. The maximum atomic E-state index is 10.4. The zero-order valence-electron chi connectivity index (χ0n) is 8.47. The lowest BCUT2D eigenvalue weighted by Crippen LogP contribution is -2.04. The molecule has 4 heteroatoms. The standard InChI is InChI=1S/C11H12N2O2/c1-8-2-3-10-9(6-8)7-13(12-10)5-4-11(14)15/h2-3,6-7H,4-5H2,1H3,(H,14,15). The molecule has 0 unspecified atom stereocenters. The van der Waals surface area contributed by atoms with Crippen molar-refractivity contribution in [3.8, 4) is 0 Å². The third kappa shape index (κ3) is 2.15. The van der Waals surface area contributed by atoms with Gasteiger partial charge in [-0.15, -0.1) is 0 Å². The van der Waals surface area contributed by atoms with Gasteiger partial charge in [-0.2, -0.15) is 5.10 Å². The van der Waals surface area contributed by atoms with Crippen LogP contribution >= 0.6 is 0 Å². The van der Waals surface area contributed by atoms with Crippen LogP contribution in [0.25, 0.3) is 10.9 Å². The minimum absolute atomic E-state index is 0.104. The molecule has 78 valence electrons. The van der Waals surface area contributed by atoms with Crippen molar-refractivity contribution in [3.63, 3.8) is 0 Å². The first kappa shape index (κ1) is 9.71. The van der Waals surface area contributed by atoms with E-state index in [0.717, 1.165) is 10.9 Å². The highest BCUT2D eigenvalue weighted by molar-refractivity contribution is 5.78. The second-order valence-corrected chi connectivity index (χ2v) is 3.60. The highest BCUT2D eigenvalue weighted by Crippen LogP contribution is 2.13. The molecule has 0 aliphatic heterocycles. The van der Waals surface area contributed by atoms with Crippen molar-refractivity contribution in [1.82, 2.24) is 9.78 Å². The van der Waals surface area contributed by atoms with Gasteiger partial charge in [0.25, 0.3) is 0 Å². The Labute approximate surface area is 87.1 Å². The molecule has 0 spiro atoms. The fraction of sp³-hybridized carbons (Fsp3) is 0.273. The molecule has 0 saturated heterocycles. The second kappa shape index (κ2) is 3.73. The minimum Gasteiger partial charge on any atom is -0.481 e. The van der Waals surface area contributed by atoms with Crippen molar-refractivity contribution in [3.05, 3.63) is 30.0 Å². The van der Waals surface area contributed by atoms with E-state index in [4.69, 9.17) is 5.11 Å². The molecule has 0 bridgehead atoms. The van der Waals surface area contributed by atoms with Crippen molar-refractivity contribution < 1.29 is 9.90 Å². The Balaban J connectivity index is 2.27. The fourth-order valence-electron chi connectivity index (χ4n) is 1.52. The van der Waals surface area contributed by atoms with Gasteiger partial charge in [0.2, 0.25) is 0 Å². The summed E-state index contributed by atoms with van der Waals surface area (Å²) in [5.41, 5.74) is 2.09. The molecule has 0 aliphatic rings. The molecule has 0 radical (unpaired) electrons. The topological polar surface area (TPSA) is 55.1 Å². The molecule has 1 aromatic heterocycles. The van der Waals surface area contributed by atoms with Gasteiger partial charge in [-0.1, -0.05) is 11.6 Å². The number of aliphatic carboxylic acids is 1. The van der Waals surface area contributed by atoms with Crippen molar-refractivity contribution >= 4 is 16.9 Å². The number of hydrogen-bond donors (Lipinski definition) is 1. The predicted octanol–water partition coefficient (Wildman–Crippen LogP) is 1.82. The molecule has 0 fully saturated rings. The summed E-state index contributed by atoms with van der Waals surface area (Å²) in [5, 5.41) is 13.9. The van der Waals surface area contributed by atoms with Gasteiger partial charge in [0, 0.05) is 11.6 Å². The maximum absolute atomic E-state index is 10.4. The highest BCUT2D eigenvalue weighted by atomic mass is 16.4. The number of benzene rings is 1. The number of carboxylic acid groups (broad SMARTS) is 1. The third-order valence-corrected chi connectivity index (χ3v) is 2.26. The molecular formula is C11H12N2O2. The Hall–Kier alpha value is -1.84. The van der Waals surface area contributed by atoms with E-state index in [1.54, 1.807) is 4.68 Å². The van der Waals surface area contributed by atoms with Crippen LogP contribution in [0.5, 0.6) is 0 Å². The van der Waals surface area contributed by atoms with Crippen LogP contribution in [0.4, 0.5) is 0 Å². The quantitative estimate of drug-likeness (QED) is 0.829. The largest absolute Gasteiger partial charge is 0.481 e. The molecule has 15 heavy (non-hydrogen) atoms. The number of nitrogens with zero attached hydrogens (tertiary/aromatic N) is 2. The zero-order chi connectivity index (χ0) is 10.8. The Kier molecular flexibility index (Phi) is 2.41. The Bertz CT molecular complexity index is 502. The van der Waals surface area contributed by atoms with Crippen molar-refractivity contribution in [1.29, 1.82) is 0 Å². The average molecular weight is 204 g/mol. The van der Waals surface area contributed by atoms with Gasteiger partial charge in [-0.25, -0.2) is 0 Å². The summed E-state index contributed by atoms with van der Waals surface area (Å²) >= 11 is 0. The summed E-state index contributed by atoms with van der Waals surface area (Å²) in [6.45, 7) is 2.44. The highest BCUT2D eigenvalue weighted by Gasteiger charge is 2.02. The van der Waals surface area contributed by atoms with Crippen LogP contribution in [-0.2, 0) is 11.3 Å². The molecule has 1 N–H and O–H groups in total. The number of hydrogen-bond acceptors (Lipinski definition) is 2. The van der Waals surface area contributed by atoms with Gasteiger partial charge in [0.1, 0.15) is 0 Å². The number of aryl methyl sites for hydroxylation is 2. The van der Waals surface area contributed by atoms with Gasteiger partial charge >= 0.3 is 5.97 Å². The second-order valence-electron chi connectivity index (χ2n) is 3.60. The molecule has 2 rings (SSSR count). The van der Waals surface area contributed by atoms with Gasteiger partial charge in [-0.05, 0) is 19.1 Å². The number of carbonyl (C=O) groups is 1. The normalized spacial score (nSPS) is 10.7. The van der Waals surface area contributed by atoms with Gasteiger partial charge < -0.3 is 5.11 Å². The number of carboxylic acids is 1. The van der Waals surface area contributed by atoms with Crippen LogP contribution in [0.15, 0.2) is 24.4 Å². The smallest absolute Gasteiger partial charge is 0.305 e. The van der Waals surface area contributed by atoms with E-state index >= 15 is 0 Å². The van der Waals surface area contributed by atoms with E-state index < -0.39 is 5.97 Å². The van der Waals surface area contributed by atoms with Crippen LogP contribution in [0, 0.1) is 6.92 Å². The lowest BCUT2D eigenvalue weighted by Gasteiger charge is -1.95. The average Bonchev–Trinajstić information content (AvgIpc) is 2.56. The van der Waals surface area contributed by atoms with E-state index in [1.165, 1.54) is 5.56 Å². The van der Waals surface area contributed by atoms with E-state index in [0.29, 0.717) is 6.54 Å². The van der Waals surface area contributed by atoms with Gasteiger partial charge in [-0.3, -0.25) is 9.48 Å². The first-order valence-corrected chi connectivity index (χ1v) is 4.81. The van der Waals surface area contributed by atoms with Gasteiger partial charge in [0.05, 0.1) is 18.5 Å². The number of rotatable bonds is 3. The Morgan fingerprint density at radius 1 is 1.53 bits per heavy atom. The minimum atomic E-state index is -0.800. The SMILES string of the molecule is Cc1ccc2nn(CCC(=O)O)cc2c1. The van der Waals surface area contributed by atoms with Crippen molar-refractivity contribution in [2.24, 2.45) is 0 Å². The summed E-state index contributed by atoms with van der Waals surface area (Å²) in [5.74, 6) is -0.800. The maximum Gasteiger partial charge on any atom is 0.305 e. The van der Waals surface area contributed by atoms with Crippen molar-refractivity contribution in [2.45, 2.75) is 19.9 Å². The molecular weight excluding hydrogens is 192 g/mol. The van der Waals surface area contributed by atoms with Crippen LogP contribution < -0.4 is 0 Å². The Morgan fingerprint density at radius 3 is 3.07 bits per heavy atom. The van der Waals surface area contributed by atoms with Crippen LogP contribution in [0.1, 0.15) is 12.0 Å². The number of fused-ring (bicyclic) bond motifs is 1. The lowest BCUT2D eigenvalue weighted by molar-refractivity contribution is -0.137. The Morgan fingerprint density at radius 2 is 2.33 bits per heavy atom. The molecule has 2 aromatic rings. The summed E-state index contributed by atoms with van der Waals surface area (Å²) in [4.78, 5) is 10.4. The molecule has 0 aliphatic carbocycles. The summed E-state index contributed by atoms with van der Waals surface area (Å²) in [6.07, 6.45) is 1.98. The monoisotopic (exact) mass is 204 g/mol.